The molecule has 0 unspecified atom stereocenters. The Morgan fingerprint density at radius 3 is 0.449 bits per heavy atom. The van der Waals surface area contributed by atoms with Crippen LogP contribution in [0, 0.1) is 0 Å². The molecule has 0 aliphatic rings. The van der Waals surface area contributed by atoms with Crippen LogP contribution >= 0.6 is 0 Å². The Kier molecular flexibility index (Phi) is 17.0. The van der Waals surface area contributed by atoms with Crippen molar-refractivity contribution < 1.29 is 56.8 Å². The van der Waals surface area contributed by atoms with Crippen molar-refractivity contribution >= 4 is 65.4 Å². The minimum absolute atomic E-state index is 0.00756. The van der Waals surface area contributed by atoms with Crippen LogP contribution < -0.4 is 90.2 Å². The molecule has 0 spiro atoms. The lowest BCUT2D eigenvalue weighted by molar-refractivity contribution is 0.398. The predicted octanol–water partition coefficient (Wildman–Crippen LogP) is 5.90. The Balaban J connectivity index is 1.78. The molecular weight excluding hydrogens is 1020 g/mol. The van der Waals surface area contributed by atoms with Crippen molar-refractivity contribution in [3.8, 4) is 69.0 Å². The van der Waals surface area contributed by atoms with E-state index in [-0.39, 0.29) is 134 Å². The Morgan fingerprint density at radius 2 is 0.321 bits per heavy atom. The highest BCUT2D eigenvalue weighted by Crippen LogP contribution is 2.33. The molecule has 0 aliphatic heterocycles. The second-order valence-corrected chi connectivity index (χ2v) is 16.2. The molecule has 0 saturated heterocycles. The number of rotatable bonds is 12. The average molecular weight is 1080 g/mol. The second-order valence-electron chi connectivity index (χ2n) is 16.2. The molecule has 12 bridgehead atoms. The highest BCUT2D eigenvalue weighted by Gasteiger charge is 2.16. The van der Waals surface area contributed by atoms with Gasteiger partial charge in [0, 0.05) is 36.4 Å². The van der Waals surface area contributed by atoms with Gasteiger partial charge in [0.2, 0.25) is 0 Å². The van der Waals surface area contributed by atoms with Crippen LogP contribution in [0.15, 0.2) is 102 Å². The van der Waals surface area contributed by atoms with Gasteiger partial charge in [-0.15, -0.1) is 0 Å². The van der Waals surface area contributed by atoms with E-state index in [1.54, 1.807) is 0 Å². The van der Waals surface area contributed by atoms with Gasteiger partial charge in [0.25, 0.3) is 33.4 Å². The first kappa shape index (κ1) is 55.5. The summed E-state index contributed by atoms with van der Waals surface area (Å²) in [5.41, 5.74) is -4.71. The number of fused-ring (bicyclic) bond motifs is 12. The smallest absolute Gasteiger partial charge is 0.259 e. The maximum absolute atomic E-state index is 14.4. The first-order valence-electron chi connectivity index (χ1n) is 23.0. The fraction of sp³-hybridized carbons (Fsp3) is 0.222. The number of H-pyrrole nitrogens is 6. The molecule has 408 valence electrons. The zero-order valence-electron chi connectivity index (χ0n) is 44.3. The summed E-state index contributed by atoms with van der Waals surface area (Å²) >= 11 is 0. The van der Waals surface area contributed by atoms with Gasteiger partial charge in [0.15, 0.2) is 0 Å². The minimum atomic E-state index is -0.807. The highest BCUT2D eigenvalue weighted by atomic mass is 16.5. The van der Waals surface area contributed by atoms with Gasteiger partial charge >= 0.3 is 0 Å². The number of aromatic nitrogens is 6. The standard InChI is InChI=1S/C54H54N6O18/c1-67-37-19-38(68-2)26-13-25(37)49(61)55-31-16-32(44(74-8)22-43(31)73-7)57-51(63)27-14-28(40(70-4)20-39(27)69-3)53(65)59-35-18-36(48(78-12)24-47(35)77-11)60-54(66)30-15-29(41(71-5)21-42(30)72-6)52(64)58-34-17-33(56-50(26)62)45(75-9)23-46(34)76-10/h13-24H,1-12H3,(H,55,61)(H,56,62)(H,57,63)(H,58,64)(H,59,65)(H,60,66). The topological polar surface area (TPSA) is 308 Å². The largest absolute Gasteiger partial charge is 0.496 e. The molecule has 0 saturated carbocycles. The normalized spacial score (nSPS) is 10.6. The molecule has 1 heterocycles. The summed E-state index contributed by atoms with van der Waals surface area (Å²) in [6, 6.07) is 16.0. The lowest BCUT2D eigenvalue weighted by Gasteiger charge is -2.09. The number of benzene rings is 6. The van der Waals surface area contributed by atoms with Gasteiger partial charge < -0.3 is 86.7 Å². The third-order valence-corrected chi connectivity index (χ3v) is 12.1. The van der Waals surface area contributed by atoms with Crippen LogP contribution in [0.5, 0.6) is 69.0 Å². The molecule has 24 nitrogen and oxygen atoms in total. The van der Waals surface area contributed by atoms with E-state index >= 15 is 0 Å². The zero-order chi connectivity index (χ0) is 56.5. The molecule has 0 aliphatic carbocycles. The van der Waals surface area contributed by atoms with Gasteiger partial charge in [0.05, 0.1) is 151 Å². The van der Waals surface area contributed by atoms with Crippen molar-refractivity contribution in [2.45, 2.75) is 0 Å². The summed E-state index contributed by atoms with van der Waals surface area (Å²) in [7, 11) is 15.9. The fourth-order valence-electron chi connectivity index (χ4n) is 8.18. The van der Waals surface area contributed by atoms with Crippen LogP contribution in [-0.4, -0.2) is 115 Å². The summed E-state index contributed by atoms with van der Waals surface area (Å²) in [6.07, 6.45) is 0. The second kappa shape index (κ2) is 24.0. The third-order valence-electron chi connectivity index (χ3n) is 12.1. The van der Waals surface area contributed by atoms with Crippen LogP contribution in [-0.2, 0) is 0 Å². The van der Waals surface area contributed by atoms with E-state index in [4.69, 9.17) is 56.8 Å². The molecule has 0 fully saturated rings. The number of ether oxygens (including phenoxy) is 12. The molecule has 0 radical (unpaired) electrons. The molecule has 0 atom stereocenters. The summed E-state index contributed by atoms with van der Waals surface area (Å²) in [4.78, 5) is 103. The van der Waals surface area contributed by atoms with Gasteiger partial charge in [-0.1, -0.05) is 0 Å². The van der Waals surface area contributed by atoms with E-state index in [9.17, 15) is 28.8 Å². The molecule has 7 aromatic rings. The quantitative estimate of drug-likeness (QED) is 0.0830. The number of hydrogen-bond acceptors (Lipinski definition) is 18. The lowest BCUT2D eigenvalue weighted by Crippen LogP contribution is -2.10. The molecule has 1 aromatic heterocycles. The minimum Gasteiger partial charge on any atom is -0.496 e. The van der Waals surface area contributed by atoms with E-state index in [2.05, 4.69) is 29.9 Å². The first-order chi connectivity index (χ1) is 37.5. The van der Waals surface area contributed by atoms with Crippen LogP contribution in [0.4, 0.5) is 0 Å². The molecule has 6 N–H and O–H groups in total. The van der Waals surface area contributed by atoms with Crippen LogP contribution in [0.1, 0.15) is 0 Å². The molecule has 6 aromatic carbocycles. The summed E-state index contributed by atoms with van der Waals surface area (Å²) in [5.74, 6) is 0.497. The maximum Gasteiger partial charge on any atom is 0.259 e. The van der Waals surface area contributed by atoms with Gasteiger partial charge in [-0.2, -0.15) is 0 Å². The van der Waals surface area contributed by atoms with Gasteiger partial charge in [0.1, 0.15) is 69.0 Å². The molecular formula is C54H54N6O18. The molecule has 7 rings (SSSR count). The highest BCUT2D eigenvalue weighted by molar-refractivity contribution is 5.84. The Bertz CT molecular complexity index is 3580. The van der Waals surface area contributed by atoms with Crippen LogP contribution in [0.2, 0.25) is 0 Å². The van der Waals surface area contributed by atoms with Crippen molar-refractivity contribution in [1.29, 1.82) is 0 Å². The fourth-order valence-corrected chi connectivity index (χ4v) is 8.18. The third kappa shape index (κ3) is 11.1. The van der Waals surface area contributed by atoms with Crippen molar-refractivity contribution in [1.82, 2.24) is 29.9 Å². The molecule has 0 amide bonds. The van der Waals surface area contributed by atoms with Gasteiger partial charge in [-0.25, -0.2) is 0 Å². The lowest BCUT2D eigenvalue weighted by atomic mass is 10.2. The monoisotopic (exact) mass is 1070 g/mol. The van der Waals surface area contributed by atoms with E-state index in [0.717, 1.165) is 0 Å². The molecule has 24 heteroatoms. The predicted molar refractivity (Wildman–Crippen MR) is 293 cm³/mol. The van der Waals surface area contributed by atoms with Crippen molar-refractivity contribution in [3.63, 3.8) is 0 Å². The van der Waals surface area contributed by atoms with Crippen molar-refractivity contribution in [3.05, 3.63) is 135 Å². The number of methoxy groups -OCH3 is 12. The van der Waals surface area contributed by atoms with Gasteiger partial charge in [-0.05, 0) is 36.4 Å². The van der Waals surface area contributed by atoms with Crippen molar-refractivity contribution in [2.75, 3.05) is 85.3 Å². The van der Waals surface area contributed by atoms with Crippen LogP contribution in [0.25, 0.3) is 65.4 Å². The SMILES string of the molecule is COc1cc(OC)c2cc1[nH]c(=O)c1cc(c(OC)cc1OC)c(=O)[nH]c1cc([nH]c(=O)c3cc(c(OC)cc3OC)c(=O)[nH]c3cc([nH]c(=O)c4cc(c(OC)cc4OC)c(=O)[nH]2)c(OC)cc3OC)c(OC)cc1OC. The maximum atomic E-state index is 14.4. The molecule has 78 heavy (non-hydrogen) atoms. The van der Waals surface area contributed by atoms with E-state index in [1.807, 2.05) is 0 Å². The van der Waals surface area contributed by atoms with Crippen LogP contribution in [0.3, 0.4) is 0 Å². The Labute approximate surface area is 440 Å². The zero-order valence-corrected chi connectivity index (χ0v) is 44.3. The average Bonchev–Trinajstić information content (AvgIpc) is 3.47. The first-order valence-corrected chi connectivity index (χ1v) is 23.0. The van der Waals surface area contributed by atoms with Gasteiger partial charge in [-0.3, -0.25) is 28.8 Å². The van der Waals surface area contributed by atoms with E-state index in [1.165, 1.54) is 158 Å². The summed E-state index contributed by atoms with van der Waals surface area (Å²) < 4.78 is 67.2. The summed E-state index contributed by atoms with van der Waals surface area (Å²) in [6.45, 7) is 0. The van der Waals surface area contributed by atoms with Crippen molar-refractivity contribution in [2.24, 2.45) is 0 Å². The summed E-state index contributed by atoms with van der Waals surface area (Å²) in [5, 5.41) is -0.917. The van der Waals surface area contributed by atoms with E-state index < -0.39 is 33.4 Å². The number of nitrogens with one attached hydrogen (secondary N) is 6. The van der Waals surface area contributed by atoms with E-state index in [0.29, 0.717) is 0 Å². The number of aromatic amines is 6. The Morgan fingerprint density at radius 1 is 0.192 bits per heavy atom. The number of hydrogen-bond donors (Lipinski definition) is 6. The Hall–Kier alpha value is -10.3.